The molecule has 8 heteroatoms. The lowest BCUT2D eigenvalue weighted by molar-refractivity contribution is 0.0689. The van der Waals surface area contributed by atoms with E-state index in [1.54, 1.807) is 18.2 Å². The minimum absolute atomic E-state index is 0.113. The highest BCUT2D eigenvalue weighted by Gasteiger charge is 2.19. The van der Waals surface area contributed by atoms with Gasteiger partial charge in [0.2, 0.25) is 5.69 Å². The number of carboxylic acids is 1. The molecule has 0 aliphatic heterocycles. The Morgan fingerprint density at radius 2 is 2.28 bits per heavy atom. The van der Waals surface area contributed by atoms with Crippen LogP contribution in [0, 0.1) is 3.70 Å². The predicted octanol–water partition coefficient (Wildman–Crippen LogP) is 2.23. The van der Waals surface area contributed by atoms with Crippen LogP contribution < -0.4 is 4.74 Å². The number of nitrogens with zero attached hydrogens (tertiary/aromatic N) is 3. The van der Waals surface area contributed by atoms with Crippen LogP contribution in [0.3, 0.4) is 0 Å². The lowest BCUT2D eigenvalue weighted by Crippen LogP contribution is -2.04. The number of carbonyl (C=O) groups is 1. The van der Waals surface area contributed by atoms with E-state index in [4.69, 9.17) is 21.4 Å². The number of carboxylic acid groups (broad SMARTS) is 1. The maximum atomic E-state index is 10.9. The van der Waals surface area contributed by atoms with E-state index in [1.807, 2.05) is 22.6 Å². The van der Waals surface area contributed by atoms with Gasteiger partial charge in [-0.05, 0) is 40.8 Å². The Bertz CT molecular complexity index is 614. The minimum atomic E-state index is -1.13. The molecule has 94 valence electrons. The van der Waals surface area contributed by atoms with Gasteiger partial charge in [-0.3, -0.25) is 0 Å². The zero-order valence-electron chi connectivity index (χ0n) is 9.09. The summed E-state index contributed by atoms with van der Waals surface area (Å²) in [6.07, 6.45) is 0. The molecule has 0 amide bonds. The topological polar surface area (TPSA) is 77.2 Å². The van der Waals surface area contributed by atoms with Crippen molar-refractivity contribution >= 4 is 40.2 Å². The lowest BCUT2D eigenvalue weighted by Gasteiger charge is -2.08. The van der Waals surface area contributed by atoms with E-state index >= 15 is 0 Å². The van der Waals surface area contributed by atoms with Crippen LogP contribution in [0.1, 0.15) is 10.5 Å². The average Bonchev–Trinajstić information content (AvgIpc) is 2.71. The van der Waals surface area contributed by atoms with E-state index in [-0.39, 0.29) is 5.69 Å². The van der Waals surface area contributed by atoms with Gasteiger partial charge in [0, 0.05) is 5.02 Å². The van der Waals surface area contributed by atoms with Crippen LogP contribution in [0.5, 0.6) is 5.75 Å². The summed E-state index contributed by atoms with van der Waals surface area (Å²) >= 11 is 7.77. The van der Waals surface area contributed by atoms with Crippen molar-refractivity contribution in [2.45, 2.75) is 0 Å². The van der Waals surface area contributed by atoms with Gasteiger partial charge in [-0.2, -0.15) is 0 Å². The number of benzene rings is 1. The van der Waals surface area contributed by atoms with E-state index < -0.39 is 5.97 Å². The summed E-state index contributed by atoms with van der Waals surface area (Å²) in [5.74, 6) is -0.606. The molecule has 0 fully saturated rings. The maximum absolute atomic E-state index is 10.9. The van der Waals surface area contributed by atoms with E-state index in [2.05, 4.69) is 10.3 Å². The first-order chi connectivity index (χ1) is 8.54. The summed E-state index contributed by atoms with van der Waals surface area (Å²) in [6, 6.07) is 4.98. The van der Waals surface area contributed by atoms with Crippen molar-refractivity contribution in [3.8, 4) is 11.4 Å². The molecule has 0 aliphatic rings. The third kappa shape index (κ3) is 2.27. The largest absolute Gasteiger partial charge is 0.494 e. The SMILES string of the molecule is COc1ccc(Cl)cc1-n1nnc(C(=O)O)c1I. The number of aromatic nitrogens is 3. The van der Waals surface area contributed by atoms with Gasteiger partial charge in [-0.15, -0.1) is 5.10 Å². The second-order valence-corrected chi connectivity index (χ2v) is 4.72. The molecule has 0 aliphatic carbocycles. The van der Waals surface area contributed by atoms with Crippen molar-refractivity contribution < 1.29 is 14.6 Å². The molecule has 6 nitrogen and oxygen atoms in total. The molecule has 2 rings (SSSR count). The maximum Gasteiger partial charge on any atom is 0.359 e. The number of methoxy groups -OCH3 is 1. The first-order valence-corrected chi connectivity index (χ1v) is 6.18. The molecular formula is C10H7ClIN3O3. The molecule has 1 N–H and O–H groups in total. The molecular weight excluding hydrogens is 372 g/mol. The smallest absolute Gasteiger partial charge is 0.359 e. The average molecular weight is 380 g/mol. The Hall–Kier alpha value is -1.35. The van der Waals surface area contributed by atoms with Crippen molar-refractivity contribution in [1.29, 1.82) is 0 Å². The highest BCUT2D eigenvalue weighted by molar-refractivity contribution is 14.1. The molecule has 0 atom stereocenters. The molecule has 1 aromatic heterocycles. The van der Waals surface area contributed by atoms with Crippen LogP contribution in [-0.2, 0) is 0 Å². The molecule has 18 heavy (non-hydrogen) atoms. The number of halogens is 2. The zero-order valence-corrected chi connectivity index (χ0v) is 12.0. The summed E-state index contributed by atoms with van der Waals surface area (Å²) in [4.78, 5) is 10.9. The molecule has 2 aromatic rings. The molecule has 0 saturated heterocycles. The first kappa shape index (κ1) is 13.1. The summed E-state index contributed by atoms with van der Waals surface area (Å²) in [5, 5.41) is 16.8. The van der Waals surface area contributed by atoms with Gasteiger partial charge in [-0.1, -0.05) is 16.8 Å². The van der Waals surface area contributed by atoms with Gasteiger partial charge in [0.25, 0.3) is 0 Å². The Balaban J connectivity index is 2.61. The fourth-order valence-corrected chi connectivity index (χ4v) is 2.25. The molecule has 0 spiro atoms. The number of rotatable bonds is 3. The van der Waals surface area contributed by atoms with Crippen LogP contribution in [0.4, 0.5) is 0 Å². The van der Waals surface area contributed by atoms with Crippen LogP contribution in [0.15, 0.2) is 18.2 Å². The fourth-order valence-electron chi connectivity index (χ4n) is 1.38. The summed E-state index contributed by atoms with van der Waals surface area (Å²) < 4.78 is 6.93. The second kappa shape index (κ2) is 5.11. The number of ether oxygens (including phenoxy) is 1. The van der Waals surface area contributed by atoms with Gasteiger partial charge in [0.1, 0.15) is 15.1 Å². The van der Waals surface area contributed by atoms with E-state index in [9.17, 15) is 4.79 Å². The second-order valence-electron chi connectivity index (χ2n) is 3.26. The highest BCUT2D eigenvalue weighted by atomic mass is 127. The summed E-state index contributed by atoms with van der Waals surface area (Å²) in [7, 11) is 1.51. The van der Waals surface area contributed by atoms with Crippen LogP contribution in [-0.4, -0.2) is 33.2 Å². The third-order valence-corrected chi connectivity index (χ3v) is 3.39. The molecule has 0 bridgehead atoms. The highest BCUT2D eigenvalue weighted by Crippen LogP contribution is 2.27. The molecule has 0 radical (unpaired) electrons. The van der Waals surface area contributed by atoms with Crippen LogP contribution >= 0.6 is 34.2 Å². The van der Waals surface area contributed by atoms with Crippen molar-refractivity contribution in [3.63, 3.8) is 0 Å². The molecule has 0 unspecified atom stereocenters. The van der Waals surface area contributed by atoms with E-state index in [0.29, 0.717) is 20.2 Å². The van der Waals surface area contributed by atoms with Crippen molar-refractivity contribution in [1.82, 2.24) is 15.0 Å². The third-order valence-electron chi connectivity index (χ3n) is 2.19. The number of aromatic carboxylic acids is 1. The monoisotopic (exact) mass is 379 g/mol. The van der Waals surface area contributed by atoms with E-state index in [0.717, 1.165) is 0 Å². The van der Waals surface area contributed by atoms with E-state index in [1.165, 1.54) is 11.8 Å². The predicted molar refractivity (Wildman–Crippen MR) is 72.6 cm³/mol. The van der Waals surface area contributed by atoms with Gasteiger partial charge in [-0.25, -0.2) is 9.48 Å². The Morgan fingerprint density at radius 3 is 2.83 bits per heavy atom. The fraction of sp³-hybridized carbons (Fsp3) is 0.100. The standard InChI is InChI=1S/C10H7ClIN3O3/c1-18-7-3-2-5(11)4-6(7)15-9(12)8(10(16)17)13-14-15/h2-4H,1H3,(H,16,17). The van der Waals surface area contributed by atoms with Gasteiger partial charge in [0.05, 0.1) is 7.11 Å². The van der Waals surface area contributed by atoms with Gasteiger partial charge < -0.3 is 9.84 Å². The van der Waals surface area contributed by atoms with Gasteiger partial charge in [0.15, 0.2) is 0 Å². The minimum Gasteiger partial charge on any atom is -0.494 e. The zero-order chi connectivity index (χ0) is 13.3. The normalized spacial score (nSPS) is 10.4. The quantitative estimate of drug-likeness (QED) is 0.828. The Morgan fingerprint density at radius 1 is 1.56 bits per heavy atom. The molecule has 0 saturated carbocycles. The van der Waals surface area contributed by atoms with Crippen molar-refractivity contribution in [2.75, 3.05) is 7.11 Å². The lowest BCUT2D eigenvalue weighted by atomic mass is 10.3. The number of hydrogen-bond donors (Lipinski definition) is 1. The van der Waals surface area contributed by atoms with Gasteiger partial charge >= 0.3 is 5.97 Å². The Kier molecular flexibility index (Phi) is 3.71. The van der Waals surface area contributed by atoms with Crippen molar-refractivity contribution in [3.05, 3.63) is 32.6 Å². The first-order valence-electron chi connectivity index (χ1n) is 4.73. The molecule has 1 heterocycles. The summed E-state index contributed by atoms with van der Waals surface area (Å²) in [6.45, 7) is 0. The Labute approximate surface area is 121 Å². The van der Waals surface area contributed by atoms with Crippen LogP contribution in [0.2, 0.25) is 5.02 Å². The number of hydrogen-bond acceptors (Lipinski definition) is 4. The summed E-state index contributed by atoms with van der Waals surface area (Å²) in [5.41, 5.74) is 0.423. The molecule has 1 aromatic carbocycles. The van der Waals surface area contributed by atoms with Crippen LogP contribution in [0.25, 0.3) is 5.69 Å². The van der Waals surface area contributed by atoms with Crippen molar-refractivity contribution in [2.24, 2.45) is 0 Å².